The molecule has 3 aromatic rings. The molecule has 0 unspecified atom stereocenters. The van der Waals surface area contributed by atoms with Crippen LogP contribution in [-0.2, 0) is 7.05 Å². The predicted octanol–water partition coefficient (Wildman–Crippen LogP) is 3.05. The van der Waals surface area contributed by atoms with Crippen molar-refractivity contribution in [3.8, 4) is 0 Å². The Bertz CT molecular complexity index is 965. The fourth-order valence-corrected chi connectivity index (χ4v) is 3.47. The normalized spacial score (nSPS) is 17.4. The van der Waals surface area contributed by atoms with Crippen LogP contribution in [0.5, 0.6) is 0 Å². The van der Waals surface area contributed by atoms with Gasteiger partial charge in [0.05, 0.1) is 0 Å². The fraction of sp³-hybridized carbons (Fsp3) is 0.316. The zero-order chi connectivity index (χ0) is 17.6. The van der Waals surface area contributed by atoms with Crippen molar-refractivity contribution in [2.75, 3.05) is 13.1 Å². The van der Waals surface area contributed by atoms with Crippen LogP contribution in [0, 0.1) is 12.7 Å². The number of fused-ring (bicyclic) bond motifs is 1. The van der Waals surface area contributed by atoms with Gasteiger partial charge >= 0.3 is 0 Å². The van der Waals surface area contributed by atoms with E-state index in [1.54, 1.807) is 30.2 Å². The second kappa shape index (κ2) is 5.95. The molecule has 1 fully saturated rings. The second-order valence-corrected chi connectivity index (χ2v) is 6.58. The van der Waals surface area contributed by atoms with E-state index in [0.717, 1.165) is 23.4 Å². The maximum absolute atomic E-state index is 13.7. The summed E-state index contributed by atoms with van der Waals surface area (Å²) >= 11 is 0. The van der Waals surface area contributed by atoms with Crippen LogP contribution in [0.3, 0.4) is 0 Å². The largest absolute Gasteiger partial charge is 0.338 e. The van der Waals surface area contributed by atoms with E-state index >= 15 is 0 Å². The Balaban J connectivity index is 1.57. The van der Waals surface area contributed by atoms with Crippen molar-refractivity contribution >= 4 is 17.1 Å². The predicted molar refractivity (Wildman–Crippen MR) is 92.9 cm³/mol. The molecule has 1 saturated heterocycles. The van der Waals surface area contributed by atoms with Gasteiger partial charge in [-0.3, -0.25) is 4.79 Å². The van der Waals surface area contributed by atoms with Crippen molar-refractivity contribution in [3.05, 3.63) is 59.3 Å². The molecule has 0 spiro atoms. The number of carbonyl (C=O) groups is 1. The number of hydrogen-bond acceptors (Lipinski definition) is 3. The van der Waals surface area contributed by atoms with Crippen LogP contribution in [0.1, 0.15) is 34.1 Å². The number of aromatic nitrogens is 3. The lowest BCUT2D eigenvalue weighted by Crippen LogP contribution is -2.28. The van der Waals surface area contributed by atoms with Gasteiger partial charge in [0.1, 0.15) is 17.2 Å². The van der Waals surface area contributed by atoms with E-state index in [0.29, 0.717) is 24.2 Å². The molecule has 0 aliphatic carbocycles. The Morgan fingerprint density at radius 3 is 2.92 bits per heavy atom. The first-order chi connectivity index (χ1) is 12.0. The fourth-order valence-electron chi connectivity index (χ4n) is 3.47. The summed E-state index contributed by atoms with van der Waals surface area (Å²) in [6, 6.07) is 8.47. The molecule has 6 heteroatoms. The molecule has 1 atom stereocenters. The molecule has 25 heavy (non-hydrogen) atoms. The number of rotatable bonds is 2. The molecule has 1 aliphatic rings. The summed E-state index contributed by atoms with van der Waals surface area (Å²) in [4.78, 5) is 23.5. The number of benzene rings is 1. The third kappa shape index (κ3) is 2.67. The smallest absolute Gasteiger partial charge is 0.253 e. The van der Waals surface area contributed by atoms with Crippen molar-refractivity contribution in [2.45, 2.75) is 19.3 Å². The molecule has 3 heterocycles. The summed E-state index contributed by atoms with van der Waals surface area (Å²) in [5, 5.41) is 0. The Morgan fingerprint density at radius 2 is 2.16 bits per heavy atom. The topological polar surface area (TPSA) is 51.0 Å². The lowest BCUT2D eigenvalue weighted by molar-refractivity contribution is 0.0790. The van der Waals surface area contributed by atoms with E-state index in [1.165, 1.54) is 6.07 Å². The minimum absolute atomic E-state index is 0.127. The number of aryl methyl sites for hydroxylation is 2. The van der Waals surface area contributed by atoms with Gasteiger partial charge in [0, 0.05) is 37.8 Å². The first-order valence-corrected chi connectivity index (χ1v) is 8.37. The number of pyridine rings is 1. The van der Waals surface area contributed by atoms with Crippen molar-refractivity contribution in [1.82, 2.24) is 19.4 Å². The number of halogens is 1. The third-order valence-electron chi connectivity index (χ3n) is 4.92. The number of imidazole rings is 1. The van der Waals surface area contributed by atoms with Gasteiger partial charge in [-0.05, 0) is 43.2 Å². The second-order valence-electron chi connectivity index (χ2n) is 6.58. The van der Waals surface area contributed by atoms with Gasteiger partial charge in [-0.1, -0.05) is 6.07 Å². The van der Waals surface area contributed by atoms with Gasteiger partial charge in [-0.2, -0.15) is 0 Å². The Kier molecular flexibility index (Phi) is 3.75. The van der Waals surface area contributed by atoms with Gasteiger partial charge in [0.15, 0.2) is 5.65 Å². The van der Waals surface area contributed by atoms with E-state index in [-0.39, 0.29) is 17.6 Å². The molecule has 4 rings (SSSR count). The van der Waals surface area contributed by atoms with Gasteiger partial charge in [-0.25, -0.2) is 14.4 Å². The van der Waals surface area contributed by atoms with Crippen molar-refractivity contribution in [2.24, 2.45) is 7.05 Å². The minimum Gasteiger partial charge on any atom is -0.338 e. The van der Waals surface area contributed by atoms with Crippen molar-refractivity contribution in [3.63, 3.8) is 0 Å². The van der Waals surface area contributed by atoms with Gasteiger partial charge < -0.3 is 9.47 Å². The lowest BCUT2D eigenvalue weighted by atomic mass is 10.1. The third-order valence-corrected chi connectivity index (χ3v) is 4.92. The number of carbonyl (C=O) groups excluding carboxylic acids is 1. The maximum Gasteiger partial charge on any atom is 0.253 e. The van der Waals surface area contributed by atoms with E-state index in [4.69, 9.17) is 0 Å². The summed E-state index contributed by atoms with van der Waals surface area (Å²) in [6.45, 7) is 2.93. The molecule has 0 radical (unpaired) electrons. The van der Waals surface area contributed by atoms with Crippen LogP contribution in [0.4, 0.5) is 4.39 Å². The van der Waals surface area contributed by atoms with Gasteiger partial charge in [0.2, 0.25) is 0 Å². The molecule has 1 amide bonds. The average Bonchev–Trinajstić information content (AvgIpc) is 3.22. The zero-order valence-corrected chi connectivity index (χ0v) is 14.2. The van der Waals surface area contributed by atoms with E-state index in [2.05, 4.69) is 9.97 Å². The maximum atomic E-state index is 13.7. The molecule has 0 bridgehead atoms. The van der Waals surface area contributed by atoms with Crippen LogP contribution in [0.15, 0.2) is 36.5 Å². The Morgan fingerprint density at radius 1 is 1.32 bits per heavy atom. The molecular weight excluding hydrogens is 319 g/mol. The van der Waals surface area contributed by atoms with Gasteiger partial charge in [0.25, 0.3) is 5.91 Å². The molecule has 128 valence electrons. The quantitative estimate of drug-likeness (QED) is 0.722. The average molecular weight is 338 g/mol. The molecule has 2 aromatic heterocycles. The number of likely N-dealkylation sites (tertiary alicyclic amines) is 1. The summed E-state index contributed by atoms with van der Waals surface area (Å²) in [5.74, 6) is 0.638. The lowest BCUT2D eigenvalue weighted by Gasteiger charge is -2.17. The molecular formula is C19H19FN4O. The van der Waals surface area contributed by atoms with Crippen LogP contribution in [0.2, 0.25) is 0 Å². The van der Waals surface area contributed by atoms with Crippen LogP contribution < -0.4 is 0 Å². The SMILES string of the molecule is Cc1ccc(C(=O)N2CC[C@H](c3nc4cccnc4n3C)C2)cc1F. The number of nitrogens with zero attached hydrogens (tertiary/aromatic N) is 4. The summed E-state index contributed by atoms with van der Waals surface area (Å²) in [5.41, 5.74) is 2.66. The van der Waals surface area contributed by atoms with Gasteiger partial charge in [-0.15, -0.1) is 0 Å². The Labute approximate surface area is 145 Å². The van der Waals surface area contributed by atoms with Crippen molar-refractivity contribution < 1.29 is 9.18 Å². The van der Waals surface area contributed by atoms with E-state index in [1.807, 2.05) is 23.7 Å². The minimum atomic E-state index is -0.344. The van der Waals surface area contributed by atoms with Crippen molar-refractivity contribution in [1.29, 1.82) is 0 Å². The molecule has 5 nitrogen and oxygen atoms in total. The standard InChI is InChI=1S/C19H19FN4O/c1-12-5-6-13(10-15(12)20)19(25)24-9-7-14(11-24)17-22-16-4-3-8-21-18(16)23(17)2/h3-6,8,10,14H,7,9,11H2,1-2H3/t14-/m0/s1. The van der Waals surface area contributed by atoms with Crippen LogP contribution in [-0.4, -0.2) is 38.4 Å². The van der Waals surface area contributed by atoms with Crippen LogP contribution in [0.25, 0.3) is 11.2 Å². The van der Waals surface area contributed by atoms with E-state index in [9.17, 15) is 9.18 Å². The Hall–Kier alpha value is -2.76. The van der Waals surface area contributed by atoms with Crippen LogP contribution >= 0.6 is 0 Å². The number of hydrogen-bond donors (Lipinski definition) is 0. The summed E-state index contributed by atoms with van der Waals surface area (Å²) in [7, 11) is 1.96. The first kappa shape index (κ1) is 15.7. The molecule has 1 aromatic carbocycles. The summed E-state index contributed by atoms with van der Waals surface area (Å²) in [6.07, 6.45) is 2.60. The zero-order valence-electron chi connectivity index (χ0n) is 14.2. The first-order valence-electron chi connectivity index (χ1n) is 8.37. The highest BCUT2D eigenvalue weighted by molar-refractivity contribution is 5.94. The highest BCUT2D eigenvalue weighted by atomic mass is 19.1. The number of amides is 1. The van der Waals surface area contributed by atoms with E-state index < -0.39 is 0 Å². The monoisotopic (exact) mass is 338 g/mol. The highest BCUT2D eigenvalue weighted by Gasteiger charge is 2.31. The molecule has 1 aliphatic heterocycles. The highest BCUT2D eigenvalue weighted by Crippen LogP contribution is 2.29. The molecule has 0 N–H and O–H groups in total. The molecule has 0 saturated carbocycles. The summed E-state index contributed by atoms with van der Waals surface area (Å²) < 4.78 is 15.7.